The van der Waals surface area contributed by atoms with Crippen LogP contribution < -0.4 is 0 Å². The van der Waals surface area contributed by atoms with E-state index in [9.17, 15) is 0 Å². The quantitative estimate of drug-likeness (QED) is 0.211. The highest BCUT2D eigenvalue weighted by Gasteiger charge is 2.13. The van der Waals surface area contributed by atoms with E-state index >= 15 is 0 Å². The van der Waals surface area contributed by atoms with Crippen molar-refractivity contribution in [1.29, 1.82) is 0 Å². The van der Waals surface area contributed by atoms with Gasteiger partial charge in [-0.2, -0.15) is 0 Å². The van der Waals surface area contributed by atoms with Crippen LogP contribution in [0.25, 0.3) is 61.9 Å². The van der Waals surface area contributed by atoms with Gasteiger partial charge in [-0.25, -0.2) is 0 Å². The molecule has 0 aliphatic carbocycles. The van der Waals surface area contributed by atoms with Crippen molar-refractivity contribution in [2.45, 2.75) is 46.0 Å². The molecule has 0 aliphatic rings. The first-order chi connectivity index (χ1) is 17.2. The molecule has 172 valence electrons. The van der Waals surface area contributed by atoms with E-state index in [4.69, 9.17) is 0 Å². The summed E-state index contributed by atoms with van der Waals surface area (Å²) in [5, 5.41) is 11.0. The Morgan fingerprint density at radius 1 is 0.514 bits per heavy atom. The Balaban J connectivity index is 1.37. The number of benzene rings is 5. The van der Waals surface area contributed by atoms with Gasteiger partial charge >= 0.3 is 0 Å². The molecule has 0 nitrogen and oxygen atoms in total. The van der Waals surface area contributed by atoms with E-state index in [0.29, 0.717) is 0 Å². The van der Waals surface area contributed by atoms with E-state index in [2.05, 4.69) is 86.6 Å². The second kappa shape index (κ2) is 8.33. The first-order valence-electron chi connectivity index (χ1n) is 12.8. The summed E-state index contributed by atoms with van der Waals surface area (Å²) in [5.41, 5.74) is 2.80. The normalized spacial score (nSPS) is 12.3. The minimum absolute atomic E-state index is 1.19. The number of thiophene rings is 2. The molecular formula is C33H28S2. The zero-order chi connectivity index (χ0) is 23.5. The molecule has 2 heterocycles. The standard InChI is InChI=1S/C33H28S2/c1-3-4-5-6-7-21-9-11-23-15-27-29-19-32-28(18-33(29)35-31(27)17-25(23)13-21)26-14-22-10-8-20(2)12-24(22)16-30(26)34-32/h8-19H,3-7H2,1-2H3. The van der Waals surface area contributed by atoms with Crippen LogP contribution in [0.3, 0.4) is 0 Å². The van der Waals surface area contributed by atoms with E-state index in [-0.39, 0.29) is 0 Å². The predicted octanol–water partition coefficient (Wildman–Crippen LogP) is 11.2. The van der Waals surface area contributed by atoms with Gasteiger partial charge in [-0.1, -0.05) is 68.1 Å². The molecule has 0 saturated heterocycles. The Morgan fingerprint density at radius 2 is 1.09 bits per heavy atom. The third-order valence-corrected chi connectivity index (χ3v) is 9.75. The fraction of sp³-hybridized carbons (Fsp3) is 0.212. The van der Waals surface area contributed by atoms with Gasteiger partial charge < -0.3 is 0 Å². The molecule has 0 amide bonds. The number of hydrogen-bond acceptors (Lipinski definition) is 2. The Bertz CT molecular complexity index is 1900. The Morgan fingerprint density at radius 3 is 1.74 bits per heavy atom. The number of rotatable bonds is 5. The molecule has 2 heteroatoms. The smallest absolute Gasteiger partial charge is 0.0362 e. The summed E-state index contributed by atoms with van der Waals surface area (Å²) in [6.07, 6.45) is 6.47. The van der Waals surface area contributed by atoms with E-state index in [1.165, 1.54) is 105 Å². The van der Waals surface area contributed by atoms with Crippen LogP contribution in [0.15, 0.2) is 72.8 Å². The highest BCUT2D eigenvalue weighted by Crippen LogP contribution is 2.43. The van der Waals surface area contributed by atoms with Gasteiger partial charge in [0.25, 0.3) is 0 Å². The van der Waals surface area contributed by atoms with Gasteiger partial charge in [0.15, 0.2) is 0 Å². The highest BCUT2D eigenvalue weighted by atomic mass is 32.1. The van der Waals surface area contributed by atoms with Crippen molar-refractivity contribution in [2.24, 2.45) is 0 Å². The topological polar surface area (TPSA) is 0 Å². The van der Waals surface area contributed by atoms with Crippen LogP contribution in [-0.2, 0) is 6.42 Å². The van der Waals surface area contributed by atoms with E-state index < -0.39 is 0 Å². The van der Waals surface area contributed by atoms with Crippen molar-refractivity contribution < 1.29 is 0 Å². The monoisotopic (exact) mass is 488 g/mol. The molecule has 0 N–H and O–H groups in total. The maximum absolute atomic E-state index is 2.44. The van der Waals surface area contributed by atoms with Crippen molar-refractivity contribution in [3.63, 3.8) is 0 Å². The van der Waals surface area contributed by atoms with Crippen LogP contribution in [0.2, 0.25) is 0 Å². The third kappa shape index (κ3) is 3.63. The molecule has 0 spiro atoms. The lowest BCUT2D eigenvalue weighted by Gasteiger charge is -2.05. The van der Waals surface area contributed by atoms with Crippen LogP contribution in [0.5, 0.6) is 0 Å². The maximum atomic E-state index is 2.44. The Hall–Kier alpha value is -2.94. The lowest BCUT2D eigenvalue weighted by molar-refractivity contribution is 0.667. The molecule has 35 heavy (non-hydrogen) atoms. The van der Waals surface area contributed by atoms with Gasteiger partial charge in [-0.05, 0) is 83.3 Å². The van der Waals surface area contributed by atoms with Crippen molar-refractivity contribution in [3.05, 3.63) is 83.9 Å². The van der Waals surface area contributed by atoms with Crippen LogP contribution in [0.4, 0.5) is 0 Å². The van der Waals surface area contributed by atoms with E-state index in [1.807, 2.05) is 22.7 Å². The van der Waals surface area contributed by atoms with Gasteiger partial charge in [0.05, 0.1) is 0 Å². The molecule has 2 aromatic heterocycles. The zero-order valence-corrected chi connectivity index (χ0v) is 21.9. The average Bonchev–Trinajstić information content (AvgIpc) is 3.38. The maximum Gasteiger partial charge on any atom is 0.0362 e. The zero-order valence-electron chi connectivity index (χ0n) is 20.3. The largest absolute Gasteiger partial charge is 0.135 e. The predicted molar refractivity (Wildman–Crippen MR) is 160 cm³/mol. The fourth-order valence-corrected chi connectivity index (χ4v) is 7.93. The molecule has 0 bridgehead atoms. The summed E-state index contributed by atoms with van der Waals surface area (Å²) in [6, 6.07) is 28.4. The van der Waals surface area contributed by atoms with E-state index in [0.717, 1.165) is 0 Å². The van der Waals surface area contributed by atoms with Crippen molar-refractivity contribution in [1.82, 2.24) is 0 Å². The summed E-state index contributed by atoms with van der Waals surface area (Å²) in [6.45, 7) is 4.45. The number of aryl methyl sites for hydroxylation is 2. The summed E-state index contributed by atoms with van der Waals surface area (Å²) in [4.78, 5) is 0. The summed E-state index contributed by atoms with van der Waals surface area (Å²) in [7, 11) is 0. The minimum atomic E-state index is 1.19. The Kier molecular flexibility index (Phi) is 5.08. The highest BCUT2D eigenvalue weighted by molar-refractivity contribution is 7.27. The molecule has 0 fully saturated rings. The fourth-order valence-electron chi connectivity index (χ4n) is 5.61. The van der Waals surface area contributed by atoms with Crippen LogP contribution >= 0.6 is 22.7 Å². The molecule has 0 atom stereocenters. The van der Waals surface area contributed by atoms with Gasteiger partial charge in [0.1, 0.15) is 0 Å². The molecule has 7 rings (SSSR count). The van der Waals surface area contributed by atoms with Gasteiger partial charge in [0.2, 0.25) is 0 Å². The SMILES string of the molecule is CCCCCCc1ccc2cc3c(cc2c1)sc1cc2c(cc13)sc1cc3cc(C)ccc3cc12. The lowest BCUT2D eigenvalue weighted by atomic mass is 10.0. The average molecular weight is 489 g/mol. The van der Waals surface area contributed by atoms with Crippen LogP contribution in [-0.4, -0.2) is 0 Å². The molecule has 0 unspecified atom stereocenters. The lowest BCUT2D eigenvalue weighted by Crippen LogP contribution is -1.86. The van der Waals surface area contributed by atoms with E-state index in [1.54, 1.807) is 0 Å². The molecule has 0 saturated carbocycles. The molecule has 5 aromatic carbocycles. The number of hydrogen-bond donors (Lipinski definition) is 0. The number of unbranched alkanes of at least 4 members (excludes halogenated alkanes) is 3. The van der Waals surface area contributed by atoms with Crippen LogP contribution in [0, 0.1) is 6.92 Å². The molecular weight excluding hydrogens is 460 g/mol. The summed E-state index contributed by atoms with van der Waals surface area (Å²) >= 11 is 3.87. The molecule has 0 aliphatic heterocycles. The number of fused-ring (bicyclic) bond motifs is 8. The first-order valence-corrected chi connectivity index (χ1v) is 14.5. The molecule has 7 aromatic rings. The third-order valence-electron chi connectivity index (χ3n) is 7.52. The summed E-state index contributed by atoms with van der Waals surface area (Å²) < 4.78 is 5.57. The van der Waals surface area contributed by atoms with Crippen molar-refractivity contribution in [2.75, 3.05) is 0 Å². The second-order valence-electron chi connectivity index (χ2n) is 10.1. The Labute approximate surface area is 213 Å². The van der Waals surface area contributed by atoms with Gasteiger partial charge in [0, 0.05) is 40.3 Å². The van der Waals surface area contributed by atoms with Crippen molar-refractivity contribution >= 4 is 84.6 Å². The second-order valence-corrected chi connectivity index (χ2v) is 12.3. The van der Waals surface area contributed by atoms with Crippen molar-refractivity contribution in [3.8, 4) is 0 Å². The van der Waals surface area contributed by atoms with Crippen LogP contribution in [0.1, 0.15) is 43.7 Å². The van der Waals surface area contributed by atoms with Gasteiger partial charge in [-0.15, -0.1) is 22.7 Å². The minimum Gasteiger partial charge on any atom is -0.135 e. The molecule has 0 radical (unpaired) electrons. The summed E-state index contributed by atoms with van der Waals surface area (Å²) in [5.74, 6) is 0. The first kappa shape index (κ1) is 21.4. The van der Waals surface area contributed by atoms with Gasteiger partial charge in [-0.3, -0.25) is 0 Å².